The highest BCUT2D eigenvalue weighted by atomic mass is 35.5. The standard InChI is InChI=1S/C19H21N3O.ClH/c1-15(21-19(23)22-12-10-20-11-13-22)6-7-16-8-9-17-4-2-3-5-18(17)14-16;/h2-5,8-9,14-15,20H,10-13H2,1H3,(H,21,23);1H. The van der Waals surface area contributed by atoms with Gasteiger partial charge < -0.3 is 15.5 Å². The van der Waals surface area contributed by atoms with Crippen molar-refractivity contribution in [3.05, 3.63) is 48.0 Å². The van der Waals surface area contributed by atoms with Crippen LogP contribution in [0.5, 0.6) is 0 Å². The second-order valence-electron chi connectivity index (χ2n) is 5.74. The Morgan fingerprint density at radius 2 is 1.88 bits per heavy atom. The van der Waals surface area contributed by atoms with E-state index in [4.69, 9.17) is 0 Å². The Morgan fingerprint density at radius 1 is 1.17 bits per heavy atom. The van der Waals surface area contributed by atoms with Crippen LogP contribution in [0.1, 0.15) is 12.5 Å². The molecule has 1 atom stereocenters. The predicted octanol–water partition coefficient (Wildman–Crippen LogP) is 2.62. The molecule has 1 aliphatic rings. The van der Waals surface area contributed by atoms with Gasteiger partial charge in [0.05, 0.1) is 6.04 Å². The average Bonchev–Trinajstić information content (AvgIpc) is 2.60. The minimum Gasteiger partial charge on any atom is -0.325 e. The van der Waals surface area contributed by atoms with Crippen molar-refractivity contribution in [3.63, 3.8) is 0 Å². The summed E-state index contributed by atoms with van der Waals surface area (Å²) in [5.41, 5.74) is 0.965. The number of hydrogen-bond acceptors (Lipinski definition) is 2. The van der Waals surface area contributed by atoms with Crippen LogP contribution in [0.3, 0.4) is 0 Å². The molecule has 24 heavy (non-hydrogen) atoms. The maximum atomic E-state index is 12.1. The maximum absolute atomic E-state index is 12.1. The summed E-state index contributed by atoms with van der Waals surface area (Å²) in [7, 11) is 0. The third-order valence-electron chi connectivity index (χ3n) is 3.93. The molecule has 4 nitrogen and oxygen atoms in total. The number of rotatable bonds is 1. The fraction of sp³-hybridized carbons (Fsp3) is 0.316. The molecule has 0 saturated carbocycles. The molecule has 3 rings (SSSR count). The molecule has 0 aliphatic carbocycles. The minimum absolute atomic E-state index is 0. The summed E-state index contributed by atoms with van der Waals surface area (Å²) in [5.74, 6) is 6.26. The Bertz CT molecular complexity index is 760. The summed E-state index contributed by atoms with van der Waals surface area (Å²) in [4.78, 5) is 13.9. The lowest BCUT2D eigenvalue weighted by Crippen LogP contribution is -2.51. The molecule has 126 valence electrons. The molecule has 0 radical (unpaired) electrons. The fourth-order valence-corrected chi connectivity index (χ4v) is 2.64. The van der Waals surface area contributed by atoms with Crippen LogP contribution in [-0.2, 0) is 0 Å². The van der Waals surface area contributed by atoms with Gasteiger partial charge in [0, 0.05) is 31.7 Å². The Kier molecular flexibility index (Phi) is 6.48. The van der Waals surface area contributed by atoms with Crippen molar-refractivity contribution in [3.8, 4) is 11.8 Å². The number of fused-ring (bicyclic) bond motifs is 1. The van der Waals surface area contributed by atoms with Gasteiger partial charge in [-0.05, 0) is 29.8 Å². The van der Waals surface area contributed by atoms with Gasteiger partial charge >= 0.3 is 6.03 Å². The Hall–Kier alpha value is -2.22. The summed E-state index contributed by atoms with van der Waals surface area (Å²) >= 11 is 0. The second kappa shape index (κ2) is 8.58. The summed E-state index contributed by atoms with van der Waals surface area (Å²) in [6, 6.07) is 14.2. The Morgan fingerprint density at radius 3 is 2.62 bits per heavy atom. The highest BCUT2D eigenvalue weighted by Crippen LogP contribution is 2.14. The third-order valence-corrected chi connectivity index (χ3v) is 3.93. The van der Waals surface area contributed by atoms with Gasteiger partial charge in [0.15, 0.2) is 0 Å². The van der Waals surface area contributed by atoms with E-state index in [0.717, 1.165) is 31.7 Å². The zero-order valence-corrected chi connectivity index (χ0v) is 14.5. The van der Waals surface area contributed by atoms with Gasteiger partial charge in [0.2, 0.25) is 0 Å². The molecule has 1 unspecified atom stereocenters. The molecule has 0 aromatic heterocycles. The molecule has 2 N–H and O–H groups in total. The van der Waals surface area contributed by atoms with Crippen molar-refractivity contribution < 1.29 is 4.79 Å². The zero-order chi connectivity index (χ0) is 16.1. The van der Waals surface area contributed by atoms with Crippen LogP contribution in [0.2, 0.25) is 0 Å². The molecule has 5 heteroatoms. The number of piperazine rings is 1. The van der Waals surface area contributed by atoms with E-state index in [1.165, 1.54) is 10.8 Å². The molecular weight excluding hydrogens is 322 g/mol. The molecule has 2 amide bonds. The topological polar surface area (TPSA) is 44.4 Å². The molecule has 1 fully saturated rings. The van der Waals surface area contributed by atoms with Crippen molar-refractivity contribution in [2.45, 2.75) is 13.0 Å². The van der Waals surface area contributed by atoms with Crippen LogP contribution in [-0.4, -0.2) is 43.2 Å². The number of benzene rings is 2. The molecule has 1 saturated heterocycles. The van der Waals surface area contributed by atoms with E-state index < -0.39 is 0 Å². The fourth-order valence-electron chi connectivity index (χ4n) is 2.64. The van der Waals surface area contributed by atoms with Gasteiger partial charge in [-0.1, -0.05) is 42.2 Å². The number of nitrogens with zero attached hydrogens (tertiary/aromatic N) is 1. The van der Waals surface area contributed by atoms with Gasteiger partial charge in [-0.15, -0.1) is 12.4 Å². The van der Waals surface area contributed by atoms with E-state index in [1.807, 2.05) is 30.0 Å². The summed E-state index contributed by atoms with van der Waals surface area (Å²) in [5, 5.41) is 8.56. The van der Waals surface area contributed by atoms with Crippen LogP contribution in [0.4, 0.5) is 4.79 Å². The van der Waals surface area contributed by atoms with Gasteiger partial charge in [-0.25, -0.2) is 4.79 Å². The van der Waals surface area contributed by atoms with Gasteiger partial charge in [0.25, 0.3) is 0 Å². The SMILES string of the molecule is CC(C#Cc1ccc2ccccc2c1)NC(=O)N1CCNCC1.Cl. The predicted molar refractivity (Wildman–Crippen MR) is 101 cm³/mol. The second-order valence-corrected chi connectivity index (χ2v) is 5.74. The molecule has 2 aromatic rings. The smallest absolute Gasteiger partial charge is 0.318 e. The largest absolute Gasteiger partial charge is 0.325 e. The number of amides is 2. The molecule has 0 bridgehead atoms. The first-order valence-corrected chi connectivity index (χ1v) is 7.99. The molecule has 1 aliphatic heterocycles. The number of carbonyl (C=O) groups excluding carboxylic acids is 1. The lowest BCUT2D eigenvalue weighted by atomic mass is 10.1. The first kappa shape index (κ1) is 18.1. The lowest BCUT2D eigenvalue weighted by Gasteiger charge is -2.28. The third kappa shape index (κ3) is 4.64. The van der Waals surface area contributed by atoms with Crippen molar-refractivity contribution in [1.29, 1.82) is 0 Å². The van der Waals surface area contributed by atoms with Crippen LogP contribution in [0.25, 0.3) is 10.8 Å². The average molecular weight is 344 g/mol. The molecular formula is C19H22ClN3O. The van der Waals surface area contributed by atoms with Gasteiger partial charge in [0.1, 0.15) is 0 Å². The van der Waals surface area contributed by atoms with Crippen LogP contribution in [0, 0.1) is 11.8 Å². The summed E-state index contributed by atoms with van der Waals surface area (Å²) in [6.07, 6.45) is 0. The van der Waals surface area contributed by atoms with E-state index in [-0.39, 0.29) is 24.5 Å². The van der Waals surface area contributed by atoms with Crippen LogP contribution in [0.15, 0.2) is 42.5 Å². The van der Waals surface area contributed by atoms with Crippen molar-refractivity contribution in [1.82, 2.24) is 15.5 Å². The van der Waals surface area contributed by atoms with Gasteiger partial charge in [-0.3, -0.25) is 0 Å². The van der Waals surface area contributed by atoms with E-state index in [9.17, 15) is 4.79 Å². The van der Waals surface area contributed by atoms with Crippen molar-refractivity contribution >= 4 is 29.2 Å². The van der Waals surface area contributed by atoms with Crippen LogP contribution < -0.4 is 10.6 Å². The highest BCUT2D eigenvalue weighted by molar-refractivity contribution is 5.85. The Labute approximate surface area is 149 Å². The molecule has 1 heterocycles. The minimum atomic E-state index is -0.177. The van der Waals surface area contributed by atoms with Gasteiger partial charge in [-0.2, -0.15) is 0 Å². The van der Waals surface area contributed by atoms with E-state index >= 15 is 0 Å². The summed E-state index contributed by atoms with van der Waals surface area (Å²) in [6.45, 7) is 5.11. The van der Waals surface area contributed by atoms with Crippen LogP contribution >= 0.6 is 12.4 Å². The van der Waals surface area contributed by atoms with Crippen molar-refractivity contribution in [2.75, 3.05) is 26.2 Å². The van der Waals surface area contributed by atoms with Crippen molar-refractivity contribution in [2.24, 2.45) is 0 Å². The number of nitrogens with one attached hydrogen (secondary N) is 2. The normalized spacial score (nSPS) is 15.0. The maximum Gasteiger partial charge on any atom is 0.318 e. The van der Waals surface area contributed by atoms with E-state index in [1.54, 1.807) is 0 Å². The first-order chi connectivity index (χ1) is 11.2. The number of halogens is 1. The number of hydrogen-bond donors (Lipinski definition) is 2. The molecule has 2 aromatic carbocycles. The monoisotopic (exact) mass is 343 g/mol. The number of carbonyl (C=O) groups is 1. The highest BCUT2D eigenvalue weighted by Gasteiger charge is 2.16. The number of urea groups is 1. The summed E-state index contributed by atoms with van der Waals surface area (Å²) < 4.78 is 0. The zero-order valence-electron chi connectivity index (χ0n) is 13.7. The Balaban J connectivity index is 0.00000208. The molecule has 0 spiro atoms. The van der Waals surface area contributed by atoms with E-state index in [0.29, 0.717) is 0 Å². The first-order valence-electron chi connectivity index (χ1n) is 7.99. The van der Waals surface area contributed by atoms with E-state index in [2.05, 4.69) is 46.7 Å². The lowest BCUT2D eigenvalue weighted by molar-refractivity contribution is 0.189. The quantitative estimate of drug-likeness (QED) is 0.782.